The third kappa shape index (κ3) is 2.48. The van der Waals surface area contributed by atoms with Gasteiger partial charge in [-0.1, -0.05) is 23.7 Å². The van der Waals surface area contributed by atoms with E-state index in [-0.39, 0.29) is 6.04 Å². The van der Waals surface area contributed by atoms with Crippen LogP contribution < -0.4 is 17.0 Å². The average Bonchev–Trinajstić information content (AvgIpc) is 2.15. The van der Waals surface area contributed by atoms with E-state index in [0.717, 1.165) is 12.0 Å². The largest absolute Gasteiger partial charge is 0.398 e. The van der Waals surface area contributed by atoms with Crippen LogP contribution in [0.1, 0.15) is 18.0 Å². The number of benzene rings is 1. The van der Waals surface area contributed by atoms with Crippen LogP contribution in [0.5, 0.6) is 0 Å². The molecule has 5 N–H and O–H groups in total. The first kappa shape index (κ1) is 11.0. The van der Waals surface area contributed by atoms with Gasteiger partial charge in [-0.3, -0.25) is 11.3 Å². The fraction of sp³-hybridized carbons (Fsp3) is 0.200. The standard InChI is InChI=1S/C10H14ClN3/c1-2-3-10(14-13)8-5-4-7(11)6-9(8)12/h2,4-6,10,14H,1,3,12-13H2. The quantitative estimate of drug-likeness (QED) is 0.309. The second-order valence-electron chi connectivity index (χ2n) is 3.02. The van der Waals surface area contributed by atoms with E-state index in [1.54, 1.807) is 18.2 Å². The van der Waals surface area contributed by atoms with Gasteiger partial charge in [0.2, 0.25) is 0 Å². The molecule has 0 heterocycles. The average molecular weight is 212 g/mol. The highest BCUT2D eigenvalue weighted by molar-refractivity contribution is 6.30. The van der Waals surface area contributed by atoms with E-state index in [9.17, 15) is 0 Å². The summed E-state index contributed by atoms with van der Waals surface area (Å²) < 4.78 is 0. The fourth-order valence-electron chi connectivity index (χ4n) is 1.31. The molecule has 0 saturated heterocycles. The van der Waals surface area contributed by atoms with Crippen molar-refractivity contribution in [2.24, 2.45) is 5.84 Å². The normalized spacial score (nSPS) is 12.4. The molecule has 1 aromatic carbocycles. The molecule has 0 aliphatic rings. The molecular formula is C10H14ClN3. The maximum Gasteiger partial charge on any atom is 0.0514 e. The molecule has 0 saturated carbocycles. The molecule has 3 nitrogen and oxygen atoms in total. The Bertz CT molecular complexity index is 325. The van der Waals surface area contributed by atoms with Crippen LogP contribution in [0.15, 0.2) is 30.9 Å². The molecule has 0 bridgehead atoms. The van der Waals surface area contributed by atoms with Gasteiger partial charge in [-0.25, -0.2) is 0 Å². The minimum Gasteiger partial charge on any atom is -0.398 e. The molecule has 14 heavy (non-hydrogen) atoms. The lowest BCUT2D eigenvalue weighted by Crippen LogP contribution is -2.28. The van der Waals surface area contributed by atoms with Crippen molar-refractivity contribution < 1.29 is 0 Å². The summed E-state index contributed by atoms with van der Waals surface area (Å²) >= 11 is 5.79. The predicted octanol–water partition coefficient (Wildman–Crippen LogP) is 2.00. The molecule has 0 fully saturated rings. The van der Waals surface area contributed by atoms with Gasteiger partial charge in [0.15, 0.2) is 0 Å². The molecule has 1 aromatic rings. The number of nitrogen functional groups attached to an aromatic ring is 1. The molecule has 0 aromatic heterocycles. The van der Waals surface area contributed by atoms with E-state index in [2.05, 4.69) is 12.0 Å². The van der Waals surface area contributed by atoms with E-state index in [1.165, 1.54) is 0 Å². The van der Waals surface area contributed by atoms with Gasteiger partial charge in [0.1, 0.15) is 0 Å². The number of hydrazine groups is 1. The van der Waals surface area contributed by atoms with Crippen molar-refractivity contribution in [3.63, 3.8) is 0 Å². The van der Waals surface area contributed by atoms with Crippen LogP contribution in [0.2, 0.25) is 5.02 Å². The molecule has 0 radical (unpaired) electrons. The lowest BCUT2D eigenvalue weighted by molar-refractivity contribution is 0.563. The van der Waals surface area contributed by atoms with Gasteiger partial charge in [-0.15, -0.1) is 6.58 Å². The van der Waals surface area contributed by atoms with Crippen molar-refractivity contribution in [2.45, 2.75) is 12.5 Å². The highest BCUT2D eigenvalue weighted by Gasteiger charge is 2.10. The second-order valence-corrected chi connectivity index (χ2v) is 3.45. The maximum atomic E-state index is 5.81. The Morgan fingerprint density at radius 3 is 2.79 bits per heavy atom. The summed E-state index contributed by atoms with van der Waals surface area (Å²) in [5, 5.41) is 0.626. The molecule has 76 valence electrons. The second kappa shape index (κ2) is 5.00. The lowest BCUT2D eigenvalue weighted by atomic mass is 10.0. The van der Waals surface area contributed by atoms with Crippen molar-refractivity contribution in [1.29, 1.82) is 0 Å². The molecule has 0 spiro atoms. The van der Waals surface area contributed by atoms with Crippen molar-refractivity contribution in [3.05, 3.63) is 41.4 Å². The Morgan fingerprint density at radius 1 is 1.57 bits per heavy atom. The fourth-order valence-corrected chi connectivity index (χ4v) is 1.49. The van der Waals surface area contributed by atoms with Crippen molar-refractivity contribution in [3.8, 4) is 0 Å². The van der Waals surface area contributed by atoms with Crippen LogP contribution in [0.3, 0.4) is 0 Å². The van der Waals surface area contributed by atoms with E-state index in [4.69, 9.17) is 23.2 Å². The number of rotatable bonds is 4. The van der Waals surface area contributed by atoms with Gasteiger partial charge in [-0.2, -0.15) is 0 Å². The first-order chi connectivity index (χ1) is 6.69. The SMILES string of the molecule is C=CCC(NN)c1ccc(Cl)cc1N. The third-order valence-corrected chi connectivity index (χ3v) is 2.26. The number of halogens is 1. The molecule has 0 aliphatic carbocycles. The Morgan fingerprint density at radius 2 is 2.29 bits per heavy atom. The summed E-state index contributed by atoms with van der Waals surface area (Å²) in [6.07, 6.45) is 2.51. The Hall–Kier alpha value is -1.03. The van der Waals surface area contributed by atoms with E-state index in [0.29, 0.717) is 10.7 Å². The number of hydrogen-bond donors (Lipinski definition) is 3. The maximum absolute atomic E-state index is 5.81. The molecule has 1 rings (SSSR count). The van der Waals surface area contributed by atoms with Crippen molar-refractivity contribution >= 4 is 17.3 Å². The summed E-state index contributed by atoms with van der Waals surface area (Å²) in [6.45, 7) is 3.66. The minimum atomic E-state index is -0.00948. The minimum absolute atomic E-state index is 0.00948. The Balaban J connectivity index is 2.97. The van der Waals surface area contributed by atoms with Gasteiger partial charge in [0.25, 0.3) is 0 Å². The molecular weight excluding hydrogens is 198 g/mol. The predicted molar refractivity (Wildman–Crippen MR) is 60.7 cm³/mol. The number of nitrogens with two attached hydrogens (primary N) is 2. The third-order valence-electron chi connectivity index (χ3n) is 2.03. The van der Waals surface area contributed by atoms with E-state index in [1.807, 2.05) is 6.07 Å². The van der Waals surface area contributed by atoms with Gasteiger partial charge in [0.05, 0.1) is 6.04 Å². The summed E-state index contributed by atoms with van der Waals surface area (Å²) in [5.74, 6) is 5.41. The highest BCUT2D eigenvalue weighted by atomic mass is 35.5. The molecule has 1 unspecified atom stereocenters. The molecule has 0 amide bonds. The van der Waals surface area contributed by atoms with Gasteiger partial charge >= 0.3 is 0 Å². The highest BCUT2D eigenvalue weighted by Crippen LogP contribution is 2.25. The van der Waals surface area contributed by atoms with E-state index < -0.39 is 0 Å². The molecule has 1 atom stereocenters. The molecule has 0 aliphatic heterocycles. The first-order valence-electron chi connectivity index (χ1n) is 4.31. The van der Waals surface area contributed by atoms with E-state index >= 15 is 0 Å². The zero-order chi connectivity index (χ0) is 10.6. The number of nitrogens with one attached hydrogen (secondary N) is 1. The van der Waals surface area contributed by atoms with Crippen LogP contribution >= 0.6 is 11.6 Å². The Kier molecular flexibility index (Phi) is 3.95. The zero-order valence-corrected chi connectivity index (χ0v) is 8.59. The first-order valence-corrected chi connectivity index (χ1v) is 4.68. The zero-order valence-electron chi connectivity index (χ0n) is 7.83. The number of hydrogen-bond acceptors (Lipinski definition) is 3. The summed E-state index contributed by atoms with van der Waals surface area (Å²) in [6, 6.07) is 5.36. The van der Waals surface area contributed by atoms with Gasteiger partial charge in [-0.05, 0) is 24.1 Å². The Labute approximate surface area is 88.7 Å². The van der Waals surface area contributed by atoms with Crippen LogP contribution in [0.25, 0.3) is 0 Å². The topological polar surface area (TPSA) is 64.1 Å². The number of anilines is 1. The van der Waals surface area contributed by atoms with Crippen LogP contribution in [-0.2, 0) is 0 Å². The van der Waals surface area contributed by atoms with Crippen molar-refractivity contribution in [2.75, 3.05) is 5.73 Å². The monoisotopic (exact) mass is 211 g/mol. The van der Waals surface area contributed by atoms with Gasteiger partial charge < -0.3 is 5.73 Å². The lowest BCUT2D eigenvalue weighted by Gasteiger charge is -2.16. The summed E-state index contributed by atoms with van der Waals surface area (Å²) in [7, 11) is 0. The van der Waals surface area contributed by atoms with Gasteiger partial charge in [0, 0.05) is 10.7 Å². The summed E-state index contributed by atoms with van der Waals surface area (Å²) in [4.78, 5) is 0. The van der Waals surface area contributed by atoms with Crippen molar-refractivity contribution in [1.82, 2.24) is 5.43 Å². The van der Waals surface area contributed by atoms with Crippen LogP contribution in [0.4, 0.5) is 5.69 Å². The van der Waals surface area contributed by atoms with Crippen LogP contribution in [0, 0.1) is 0 Å². The summed E-state index contributed by atoms with van der Waals surface area (Å²) in [5.41, 5.74) is 10.1. The smallest absolute Gasteiger partial charge is 0.0514 e. The molecule has 4 heteroatoms. The van der Waals surface area contributed by atoms with Crippen LogP contribution in [-0.4, -0.2) is 0 Å².